The summed E-state index contributed by atoms with van der Waals surface area (Å²) in [4.78, 5) is 0. The summed E-state index contributed by atoms with van der Waals surface area (Å²) in [6.07, 6.45) is 0. The molecule has 0 saturated carbocycles. The van der Waals surface area contributed by atoms with Crippen LogP contribution in [0.15, 0.2) is 224 Å². The maximum atomic E-state index is 10.8. The van der Waals surface area contributed by atoms with E-state index in [1.807, 2.05) is 46.9 Å². The maximum absolute atomic E-state index is 10.8. The summed E-state index contributed by atoms with van der Waals surface area (Å²) in [6.45, 7) is 4.82. The minimum atomic E-state index is -0.880. The van der Waals surface area contributed by atoms with Crippen molar-refractivity contribution in [2.75, 3.05) is 0 Å². The number of nitriles is 2. The van der Waals surface area contributed by atoms with Crippen molar-refractivity contribution in [3.05, 3.63) is 241 Å². The van der Waals surface area contributed by atoms with Gasteiger partial charge in [0.05, 0.1) is 71.6 Å². The molecule has 364 valence electrons. The second kappa shape index (κ2) is 16.6. The lowest BCUT2D eigenvalue weighted by Crippen LogP contribution is -2.31. The highest BCUT2D eigenvalue weighted by Crippen LogP contribution is 2.54. The predicted octanol–water partition coefficient (Wildman–Crippen LogP) is 19.6. The molecule has 0 aliphatic heterocycles. The summed E-state index contributed by atoms with van der Waals surface area (Å²) in [7, 11) is 0. The highest BCUT2D eigenvalue weighted by atomic mass is 32.1. The van der Waals surface area contributed by atoms with Gasteiger partial charge in [-0.05, 0) is 91.7 Å². The molecule has 0 aliphatic rings. The second-order valence-electron chi connectivity index (χ2n) is 20.9. The Balaban J connectivity index is 1.24. The first-order valence-electron chi connectivity index (χ1n) is 26.3. The quantitative estimate of drug-likeness (QED) is 0.167. The van der Waals surface area contributed by atoms with Crippen LogP contribution in [0, 0.1) is 22.7 Å². The molecular weight excluding hydrogens is 987 g/mol. The van der Waals surface area contributed by atoms with Gasteiger partial charge in [0.25, 0.3) is 0 Å². The van der Waals surface area contributed by atoms with Crippen LogP contribution in [0.5, 0.6) is 0 Å². The molecule has 5 aromatic heterocycles. The minimum absolute atomic E-state index is 0.572. The van der Waals surface area contributed by atoms with E-state index in [-0.39, 0.29) is 0 Å². The van der Waals surface area contributed by atoms with Gasteiger partial charge in [0.15, 0.2) is 0 Å². The summed E-state index contributed by atoms with van der Waals surface area (Å²) in [5, 5.41) is 33.4. The molecule has 0 unspecified atom stereocenters. The summed E-state index contributed by atoms with van der Waals surface area (Å²) < 4.78 is 12.6. The lowest BCUT2D eigenvalue weighted by Gasteiger charge is -2.37. The molecule has 0 atom stereocenters. The molecule has 11 aromatic carbocycles. The van der Waals surface area contributed by atoms with Crippen molar-refractivity contribution < 1.29 is 0 Å². The lowest BCUT2D eigenvalue weighted by atomic mass is 9.82. The number of hydrogen-bond donors (Lipinski definition) is 0. The molecule has 16 aromatic rings. The molecule has 0 N–H and O–H groups in total. The van der Waals surface area contributed by atoms with Crippen molar-refractivity contribution in [1.29, 1.82) is 10.5 Å². The zero-order valence-electron chi connectivity index (χ0n) is 42.4. The molecular formula is C71H43N5S2. The fourth-order valence-corrected chi connectivity index (χ4v) is 15.7. The molecule has 0 bridgehead atoms. The van der Waals surface area contributed by atoms with E-state index in [0.717, 1.165) is 93.8 Å². The topological polar surface area (TPSA) is 62.4 Å². The highest BCUT2D eigenvalue weighted by Gasteiger charge is 2.39. The number of para-hydroxylation sites is 4. The lowest BCUT2D eigenvalue weighted by molar-refractivity contribution is 0.462. The van der Waals surface area contributed by atoms with E-state index in [0.29, 0.717) is 11.1 Å². The highest BCUT2D eigenvalue weighted by molar-refractivity contribution is 7.27. The zero-order chi connectivity index (χ0) is 52.0. The van der Waals surface area contributed by atoms with E-state index < -0.39 is 5.54 Å². The van der Waals surface area contributed by atoms with E-state index in [1.165, 1.54) is 51.1 Å². The number of fused-ring (bicyclic) bond motifs is 17. The number of thiophene rings is 2. The normalized spacial score (nSPS) is 12.2. The van der Waals surface area contributed by atoms with Crippen LogP contribution in [-0.4, -0.2) is 13.7 Å². The summed E-state index contributed by atoms with van der Waals surface area (Å²) in [5.41, 5.74) is 13.8. The van der Waals surface area contributed by atoms with Crippen molar-refractivity contribution >= 4 is 128 Å². The van der Waals surface area contributed by atoms with E-state index in [1.54, 1.807) is 0 Å². The van der Waals surface area contributed by atoms with Crippen LogP contribution >= 0.6 is 22.7 Å². The van der Waals surface area contributed by atoms with Crippen molar-refractivity contribution in [3.8, 4) is 45.8 Å². The zero-order valence-corrected chi connectivity index (χ0v) is 44.0. The van der Waals surface area contributed by atoms with E-state index in [9.17, 15) is 10.5 Å². The maximum Gasteiger partial charge on any atom is 0.0991 e. The molecule has 0 saturated heterocycles. The first kappa shape index (κ1) is 44.5. The third-order valence-corrected chi connectivity index (χ3v) is 18.8. The monoisotopic (exact) mass is 1030 g/mol. The van der Waals surface area contributed by atoms with Crippen LogP contribution in [0.4, 0.5) is 0 Å². The molecule has 78 heavy (non-hydrogen) atoms. The van der Waals surface area contributed by atoms with Gasteiger partial charge in [0.1, 0.15) is 0 Å². The van der Waals surface area contributed by atoms with Gasteiger partial charge in [0, 0.05) is 91.0 Å². The Morgan fingerprint density at radius 1 is 0.359 bits per heavy atom. The van der Waals surface area contributed by atoms with Gasteiger partial charge in [0.2, 0.25) is 0 Å². The van der Waals surface area contributed by atoms with E-state index in [4.69, 9.17) is 0 Å². The van der Waals surface area contributed by atoms with Gasteiger partial charge in [-0.3, -0.25) is 0 Å². The average molecular weight is 1030 g/mol. The Labute approximate surface area is 456 Å². The Bertz CT molecular complexity index is 5030. The average Bonchev–Trinajstić information content (AvgIpc) is 4.34. The molecule has 5 heterocycles. The molecule has 7 heteroatoms. The number of aromatic nitrogens is 3. The molecule has 0 amide bonds. The Morgan fingerprint density at radius 2 is 0.731 bits per heavy atom. The predicted molar refractivity (Wildman–Crippen MR) is 329 cm³/mol. The number of benzene rings is 11. The third kappa shape index (κ3) is 6.14. The fourth-order valence-electron chi connectivity index (χ4n) is 13.2. The van der Waals surface area contributed by atoms with Crippen LogP contribution in [0.1, 0.15) is 30.5 Å². The molecule has 0 spiro atoms. The van der Waals surface area contributed by atoms with Gasteiger partial charge < -0.3 is 13.7 Å². The minimum Gasteiger partial charge on any atom is -0.330 e. The Morgan fingerprint density at radius 3 is 1.17 bits per heavy atom. The van der Waals surface area contributed by atoms with Crippen LogP contribution < -0.4 is 0 Å². The van der Waals surface area contributed by atoms with Crippen molar-refractivity contribution in [2.24, 2.45) is 0 Å². The fraction of sp³-hybridized carbons (Fsp3) is 0.0423. The van der Waals surface area contributed by atoms with Crippen LogP contribution in [0.3, 0.4) is 0 Å². The molecule has 0 radical (unpaired) electrons. The van der Waals surface area contributed by atoms with Crippen LogP contribution in [0.25, 0.3) is 139 Å². The van der Waals surface area contributed by atoms with Crippen LogP contribution in [0.2, 0.25) is 0 Å². The SMILES string of the molecule is CC(C)(c1c(-n2c3ccccc3c3ccc4c5ccccc5sc4c32)c(-c2cccc(C#N)c2)cc(-c2cccc(C#N)c2)c1-n1c2ccccc2c2ccc3c4ccccc4sc3c21)n1c2ccccc2c2ccccc21. The standard InChI is InChI=1S/C71H43N5S2/c1-71(2,76-60-29-11-5-21-46(60)47-22-6-12-30-61(47)76)64-65(74-58-27-9-3-23-48(58)52-33-35-54-50-25-7-13-31-62(50)77-69(54)67(52)74)56(44-19-15-17-42(37-44)40-72)39-57(45-20-16-18-43(38-45)41-73)66(64)75-59-28-10-4-24-49(59)53-34-36-55-51-26-8-14-32-63(51)78-70(55)68(53)75/h3-39H,1-2H3. The van der Waals surface area contributed by atoms with E-state index >= 15 is 0 Å². The van der Waals surface area contributed by atoms with Gasteiger partial charge in [-0.15, -0.1) is 22.7 Å². The summed E-state index contributed by atoms with van der Waals surface area (Å²) in [5.74, 6) is 0. The smallest absolute Gasteiger partial charge is 0.0991 e. The first-order valence-corrected chi connectivity index (χ1v) is 27.9. The van der Waals surface area contributed by atoms with Gasteiger partial charge in [-0.25, -0.2) is 0 Å². The molecule has 0 aliphatic carbocycles. The number of nitrogens with zero attached hydrogens (tertiary/aromatic N) is 5. The van der Waals surface area contributed by atoms with Gasteiger partial charge in [-0.2, -0.15) is 10.5 Å². The van der Waals surface area contributed by atoms with Crippen molar-refractivity contribution in [2.45, 2.75) is 19.4 Å². The first-order chi connectivity index (χ1) is 38.4. The second-order valence-corrected chi connectivity index (χ2v) is 23.0. The van der Waals surface area contributed by atoms with Crippen molar-refractivity contribution in [1.82, 2.24) is 13.7 Å². The molecule has 0 fully saturated rings. The molecule has 16 rings (SSSR count). The van der Waals surface area contributed by atoms with Crippen molar-refractivity contribution in [3.63, 3.8) is 0 Å². The Kier molecular flexibility index (Phi) is 9.49. The van der Waals surface area contributed by atoms with E-state index in [2.05, 4.69) is 240 Å². The summed E-state index contributed by atoms with van der Waals surface area (Å²) >= 11 is 3.69. The largest absolute Gasteiger partial charge is 0.330 e. The van der Waals surface area contributed by atoms with Crippen LogP contribution in [-0.2, 0) is 5.54 Å². The third-order valence-electron chi connectivity index (χ3n) is 16.4. The number of rotatable bonds is 6. The van der Waals surface area contributed by atoms with Gasteiger partial charge >= 0.3 is 0 Å². The van der Waals surface area contributed by atoms with Gasteiger partial charge in [-0.1, -0.05) is 158 Å². The Hall–Kier alpha value is -9.76. The summed E-state index contributed by atoms with van der Waals surface area (Å²) in [6, 6.07) is 86.0. The number of hydrogen-bond acceptors (Lipinski definition) is 4. The molecule has 5 nitrogen and oxygen atoms in total.